The van der Waals surface area contributed by atoms with E-state index in [1.54, 1.807) is 0 Å². The van der Waals surface area contributed by atoms with Crippen LogP contribution in [0.2, 0.25) is 0 Å². The zero-order chi connectivity index (χ0) is 10.7. The zero-order valence-corrected chi connectivity index (χ0v) is 8.89. The van der Waals surface area contributed by atoms with E-state index in [4.69, 9.17) is 5.73 Å². The first kappa shape index (κ1) is 10.3. The number of anilines is 2. The van der Waals surface area contributed by atoms with Crippen molar-refractivity contribution in [2.24, 2.45) is 0 Å². The molecule has 0 spiro atoms. The summed E-state index contributed by atoms with van der Waals surface area (Å²) in [5, 5.41) is 9.33. The lowest BCUT2D eigenvalue weighted by Gasteiger charge is -2.37. The molecule has 3 N–H and O–H groups in total. The van der Waals surface area contributed by atoms with Crippen LogP contribution in [0, 0.1) is 0 Å². The number of nitrogens with zero attached hydrogens (tertiary/aromatic N) is 1. The van der Waals surface area contributed by atoms with Gasteiger partial charge in [-0.25, -0.2) is 0 Å². The van der Waals surface area contributed by atoms with E-state index in [2.05, 4.69) is 4.90 Å². The number of benzene rings is 1. The van der Waals surface area contributed by atoms with Crippen LogP contribution in [-0.4, -0.2) is 24.3 Å². The van der Waals surface area contributed by atoms with Crippen LogP contribution in [0.4, 0.5) is 11.4 Å². The molecule has 1 aromatic rings. The Morgan fingerprint density at radius 3 is 2.87 bits per heavy atom. The first-order valence-corrected chi connectivity index (χ1v) is 5.55. The molecule has 1 heterocycles. The fraction of sp³-hybridized carbons (Fsp3) is 0.500. The van der Waals surface area contributed by atoms with Gasteiger partial charge in [0.25, 0.3) is 0 Å². The van der Waals surface area contributed by atoms with Crippen molar-refractivity contribution in [1.29, 1.82) is 0 Å². The van der Waals surface area contributed by atoms with E-state index >= 15 is 0 Å². The minimum absolute atomic E-state index is 0.217. The van der Waals surface area contributed by atoms with Crippen molar-refractivity contribution >= 4 is 11.4 Å². The van der Waals surface area contributed by atoms with Gasteiger partial charge in [0.15, 0.2) is 0 Å². The summed E-state index contributed by atoms with van der Waals surface area (Å²) >= 11 is 0. The predicted octanol–water partition coefficient (Wildman–Crippen LogP) is 1.62. The van der Waals surface area contributed by atoms with Gasteiger partial charge < -0.3 is 15.7 Å². The van der Waals surface area contributed by atoms with E-state index < -0.39 is 0 Å². The monoisotopic (exact) mass is 206 g/mol. The second kappa shape index (κ2) is 4.53. The lowest BCUT2D eigenvalue weighted by molar-refractivity contribution is 0.240. The molecule has 82 valence electrons. The van der Waals surface area contributed by atoms with E-state index in [0.717, 1.165) is 24.3 Å². The molecule has 1 saturated heterocycles. The maximum Gasteiger partial charge on any atom is 0.0635 e. The first-order valence-electron chi connectivity index (χ1n) is 5.55. The highest BCUT2D eigenvalue weighted by Crippen LogP contribution is 2.28. The molecule has 0 aromatic heterocycles. The Labute approximate surface area is 90.5 Å². The summed E-state index contributed by atoms with van der Waals surface area (Å²) in [7, 11) is 0. The lowest BCUT2D eigenvalue weighted by Crippen LogP contribution is -2.42. The fourth-order valence-corrected chi connectivity index (χ4v) is 2.26. The lowest BCUT2D eigenvalue weighted by atomic mass is 10.0. The molecular weight excluding hydrogens is 188 g/mol. The highest BCUT2D eigenvalue weighted by Gasteiger charge is 2.22. The third-order valence-corrected chi connectivity index (χ3v) is 3.08. The smallest absolute Gasteiger partial charge is 0.0635 e. The average Bonchev–Trinajstić information content (AvgIpc) is 2.30. The molecule has 15 heavy (non-hydrogen) atoms. The van der Waals surface area contributed by atoms with Crippen molar-refractivity contribution in [3.8, 4) is 0 Å². The van der Waals surface area contributed by atoms with E-state index in [9.17, 15) is 5.11 Å². The maximum absolute atomic E-state index is 9.33. The van der Waals surface area contributed by atoms with Crippen LogP contribution in [0.5, 0.6) is 0 Å². The number of rotatable bonds is 2. The van der Waals surface area contributed by atoms with Crippen molar-refractivity contribution in [2.45, 2.75) is 25.3 Å². The molecule has 3 nitrogen and oxygen atoms in total. The molecule has 1 aromatic carbocycles. The number of aliphatic hydroxyl groups excluding tert-OH is 1. The Hall–Kier alpha value is -1.22. The molecule has 1 aliphatic rings. The van der Waals surface area contributed by atoms with Gasteiger partial charge in [-0.3, -0.25) is 0 Å². The third-order valence-electron chi connectivity index (χ3n) is 3.08. The minimum Gasteiger partial charge on any atom is -0.397 e. The normalized spacial score (nSPS) is 21.7. The predicted molar refractivity (Wildman–Crippen MR) is 62.9 cm³/mol. The van der Waals surface area contributed by atoms with Crippen molar-refractivity contribution in [3.05, 3.63) is 24.3 Å². The van der Waals surface area contributed by atoms with Crippen molar-refractivity contribution in [1.82, 2.24) is 0 Å². The molecule has 1 aliphatic heterocycles. The number of nitrogens with two attached hydrogens (primary N) is 1. The molecule has 0 aliphatic carbocycles. The summed E-state index contributed by atoms with van der Waals surface area (Å²) in [6.07, 6.45) is 3.45. The number of hydrogen-bond acceptors (Lipinski definition) is 3. The quantitative estimate of drug-likeness (QED) is 0.723. The summed E-state index contributed by atoms with van der Waals surface area (Å²) in [6.45, 7) is 1.22. The van der Waals surface area contributed by atoms with Crippen LogP contribution in [-0.2, 0) is 0 Å². The standard InChI is InChI=1S/C12H18N2O/c13-11-6-1-2-7-12(11)14-8-4-3-5-10(14)9-15/h1-2,6-7,10,15H,3-5,8-9,13H2. The van der Waals surface area contributed by atoms with Gasteiger partial charge in [-0.2, -0.15) is 0 Å². The Morgan fingerprint density at radius 2 is 2.13 bits per heavy atom. The highest BCUT2D eigenvalue weighted by atomic mass is 16.3. The van der Waals surface area contributed by atoms with Gasteiger partial charge in [0.05, 0.1) is 24.0 Å². The summed E-state index contributed by atoms with van der Waals surface area (Å²) < 4.78 is 0. The van der Waals surface area contributed by atoms with Crippen LogP contribution in [0.3, 0.4) is 0 Å². The minimum atomic E-state index is 0.217. The number of aliphatic hydroxyl groups is 1. The van der Waals surface area contributed by atoms with Gasteiger partial charge in [-0.05, 0) is 31.4 Å². The summed E-state index contributed by atoms with van der Waals surface area (Å²) in [5.41, 5.74) is 7.81. The summed E-state index contributed by atoms with van der Waals surface area (Å²) in [4.78, 5) is 2.23. The van der Waals surface area contributed by atoms with Gasteiger partial charge in [0, 0.05) is 6.54 Å². The first-order chi connectivity index (χ1) is 7.33. The second-order valence-corrected chi connectivity index (χ2v) is 4.08. The molecule has 1 atom stereocenters. The van der Waals surface area contributed by atoms with Crippen LogP contribution >= 0.6 is 0 Å². The van der Waals surface area contributed by atoms with Gasteiger partial charge in [0.2, 0.25) is 0 Å². The van der Waals surface area contributed by atoms with E-state index in [1.165, 1.54) is 12.8 Å². The maximum atomic E-state index is 9.33. The molecule has 0 saturated carbocycles. The second-order valence-electron chi connectivity index (χ2n) is 4.08. The zero-order valence-electron chi connectivity index (χ0n) is 8.89. The summed E-state index contributed by atoms with van der Waals surface area (Å²) in [6, 6.07) is 8.12. The largest absolute Gasteiger partial charge is 0.397 e. The highest BCUT2D eigenvalue weighted by molar-refractivity contribution is 5.67. The van der Waals surface area contributed by atoms with E-state index in [0.29, 0.717) is 0 Å². The number of para-hydroxylation sites is 2. The Morgan fingerprint density at radius 1 is 1.33 bits per heavy atom. The molecule has 0 bridgehead atoms. The van der Waals surface area contributed by atoms with E-state index in [1.807, 2.05) is 24.3 Å². The fourth-order valence-electron chi connectivity index (χ4n) is 2.26. The number of piperidine rings is 1. The number of hydrogen-bond donors (Lipinski definition) is 2. The van der Waals surface area contributed by atoms with Crippen LogP contribution in [0.1, 0.15) is 19.3 Å². The van der Waals surface area contributed by atoms with Crippen LogP contribution in [0.25, 0.3) is 0 Å². The van der Waals surface area contributed by atoms with Crippen LogP contribution < -0.4 is 10.6 Å². The van der Waals surface area contributed by atoms with Crippen molar-refractivity contribution in [3.63, 3.8) is 0 Å². The molecule has 2 rings (SSSR count). The van der Waals surface area contributed by atoms with Crippen molar-refractivity contribution < 1.29 is 5.11 Å². The van der Waals surface area contributed by atoms with E-state index in [-0.39, 0.29) is 12.6 Å². The summed E-state index contributed by atoms with van der Waals surface area (Å²) in [5.74, 6) is 0. The van der Waals surface area contributed by atoms with Crippen molar-refractivity contribution in [2.75, 3.05) is 23.8 Å². The Balaban J connectivity index is 2.24. The number of nitrogen functional groups attached to an aromatic ring is 1. The molecule has 1 unspecified atom stereocenters. The van der Waals surface area contributed by atoms with Gasteiger partial charge in [0.1, 0.15) is 0 Å². The average molecular weight is 206 g/mol. The Bertz CT molecular complexity index is 327. The third kappa shape index (κ3) is 2.07. The van der Waals surface area contributed by atoms with Gasteiger partial charge in [-0.1, -0.05) is 12.1 Å². The molecular formula is C12H18N2O. The topological polar surface area (TPSA) is 49.5 Å². The molecule has 0 radical (unpaired) electrons. The molecule has 1 fully saturated rings. The Kier molecular flexibility index (Phi) is 3.11. The van der Waals surface area contributed by atoms with Gasteiger partial charge in [-0.15, -0.1) is 0 Å². The molecule has 3 heteroatoms. The van der Waals surface area contributed by atoms with Gasteiger partial charge >= 0.3 is 0 Å². The van der Waals surface area contributed by atoms with Crippen LogP contribution in [0.15, 0.2) is 24.3 Å². The molecule has 0 amide bonds. The SMILES string of the molecule is Nc1ccccc1N1CCCCC1CO.